The van der Waals surface area contributed by atoms with Crippen LogP contribution in [0.1, 0.15) is 13.8 Å². The SMILES string of the molecule is CC.S=PP=S=S=S=S. The number of hydrogen-bond acceptors (Lipinski definition) is 2. The molecule has 0 aromatic carbocycles. The molecule has 0 fully saturated rings. The molecule has 7 heteroatoms. The summed E-state index contributed by atoms with van der Waals surface area (Å²) in [6.07, 6.45) is 0. The highest BCUT2D eigenvalue weighted by atomic mass is 33.3. The van der Waals surface area contributed by atoms with Crippen molar-refractivity contribution < 1.29 is 0 Å². The molecule has 0 saturated carbocycles. The lowest BCUT2D eigenvalue weighted by atomic mass is 11.0. The van der Waals surface area contributed by atoms with Gasteiger partial charge in [-0.2, -0.15) is 0 Å². The van der Waals surface area contributed by atoms with E-state index >= 15 is 0 Å². The molecule has 9 heavy (non-hydrogen) atoms. The zero-order chi connectivity index (χ0) is 7.54. The minimum atomic E-state index is 0.993. The Balaban J connectivity index is 0. The molecule has 0 aliphatic carbocycles. The standard InChI is InChI=1S/C2H6.P2S5/c1-2;3-1-2-5-7-6-4/h1-2H3;. The van der Waals surface area contributed by atoms with Crippen LogP contribution in [0, 0.1) is 0 Å². The zero-order valence-corrected chi connectivity index (χ0v) is 10.8. The molecule has 0 aliphatic rings. The molecule has 0 saturated heterocycles. The van der Waals surface area contributed by atoms with Crippen LogP contribution < -0.4 is 0 Å². The van der Waals surface area contributed by atoms with Gasteiger partial charge in [-0.1, -0.05) is 13.8 Å². The van der Waals surface area contributed by atoms with Crippen molar-refractivity contribution >= 4 is 64.3 Å². The first-order chi connectivity index (χ1) is 4.41. The third kappa shape index (κ3) is 17.7. The van der Waals surface area contributed by atoms with Gasteiger partial charge >= 0.3 is 0 Å². The molecule has 0 rings (SSSR count). The Morgan fingerprint density at radius 2 is 1.89 bits per heavy atom. The molecule has 0 atom stereocenters. The van der Waals surface area contributed by atoms with Gasteiger partial charge in [0.25, 0.3) is 0 Å². The van der Waals surface area contributed by atoms with Crippen LogP contribution in [-0.2, 0) is 50.3 Å². The van der Waals surface area contributed by atoms with E-state index in [0.717, 1.165) is 7.04 Å². The monoisotopic (exact) mass is 252 g/mol. The van der Waals surface area contributed by atoms with Crippen LogP contribution in [-0.4, -0.2) is 0 Å². The van der Waals surface area contributed by atoms with Gasteiger partial charge in [-0.15, -0.1) is 0 Å². The Kier molecular flexibility index (Phi) is 24.2. The second-order valence-electron chi connectivity index (χ2n) is 0.374. The second-order valence-corrected chi connectivity index (χ2v) is 10.1. The van der Waals surface area contributed by atoms with E-state index in [4.69, 9.17) is 0 Å². The molecule has 0 nitrogen and oxygen atoms in total. The fourth-order valence-corrected chi connectivity index (χ4v) is 9.63. The highest BCUT2D eigenvalue weighted by Gasteiger charge is 1.47. The largest absolute Gasteiger partial charge is 0.0683 e. The van der Waals surface area contributed by atoms with Crippen LogP contribution in [0.2, 0.25) is 0 Å². The molecule has 0 N–H and O–H groups in total. The molecule has 0 amide bonds. The van der Waals surface area contributed by atoms with Crippen LogP contribution in [0.25, 0.3) is 0 Å². The lowest BCUT2D eigenvalue weighted by Crippen LogP contribution is -1.21. The van der Waals surface area contributed by atoms with Crippen molar-refractivity contribution in [3.8, 4) is 0 Å². The first kappa shape index (κ1) is 13.3. The van der Waals surface area contributed by atoms with Crippen molar-refractivity contribution in [1.82, 2.24) is 0 Å². The summed E-state index contributed by atoms with van der Waals surface area (Å²) in [4.78, 5) is 0. The maximum absolute atomic E-state index is 4.65. The van der Waals surface area contributed by atoms with Crippen LogP contribution in [0.5, 0.6) is 0 Å². The summed E-state index contributed by atoms with van der Waals surface area (Å²) in [5.74, 6) is 0. The maximum atomic E-state index is 4.65. The fourth-order valence-electron chi connectivity index (χ4n) is 0.0396. The van der Waals surface area contributed by atoms with Crippen LogP contribution in [0.3, 0.4) is 0 Å². The molecule has 0 aromatic rings. The van der Waals surface area contributed by atoms with Gasteiger partial charge in [0.2, 0.25) is 0 Å². The van der Waals surface area contributed by atoms with E-state index in [1.165, 1.54) is 15.9 Å². The Labute approximate surface area is 77.6 Å². The first-order valence-electron chi connectivity index (χ1n) is 2.07. The summed E-state index contributed by atoms with van der Waals surface area (Å²) in [6.45, 7) is 4.00. The summed E-state index contributed by atoms with van der Waals surface area (Å²) in [7, 11) is 6.83. The van der Waals surface area contributed by atoms with E-state index in [2.05, 4.69) is 23.0 Å². The number of hydrogen-bond donors (Lipinski definition) is 0. The minimum Gasteiger partial charge on any atom is -0.0683 e. The van der Waals surface area contributed by atoms with Gasteiger partial charge in [0.15, 0.2) is 0 Å². The third-order valence-electron chi connectivity index (χ3n) is 0.125. The van der Waals surface area contributed by atoms with Crippen LogP contribution in [0.15, 0.2) is 0 Å². The van der Waals surface area contributed by atoms with E-state index in [1.807, 2.05) is 13.8 Å². The molecule has 0 unspecified atom stereocenters. The smallest absolute Gasteiger partial charge is 0.0470 e. The predicted octanol–water partition coefficient (Wildman–Crippen LogP) is 2.74. The van der Waals surface area contributed by atoms with Gasteiger partial charge in [-0.25, -0.2) is 0 Å². The van der Waals surface area contributed by atoms with Gasteiger partial charge < -0.3 is 0 Å². The molecule has 0 bridgehead atoms. The van der Waals surface area contributed by atoms with Crippen molar-refractivity contribution in [3.63, 3.8) is 0 Å². The van der Waals surface area contributed by atoms with Crippen molar-refractivity contribution in [3.05, 3.63) is 0 Å². The molecule has 0 aliphatic heterocycles. The van der Waals surface area contributed by atoms with E-state index in [1.54, 1.807) is 18.4 Å². The normalized spacial score (nSPS) is 7.33. The van der Waals surface area contributed by atoms with E-state index in [0.29, 0.717) is 0 Å². The molecule has 0 spiro atoms. The van der Waals surface area contributed by atoms with Crippen molar-refractivity contribution in [2.75, 3.05) is 0 Å². The van der Waals surface area contributed by atoms with E-state index < -0.39 is 0 Å². The summed E-state index contributed by atoms with van der Waals surface area (Å²) < 4.78 is 0. The average molecular weight is 252 g/mol. The molecule has 0 radical (unpaired) electrons. The predicted molar refractivity (Wildman–Crippen MR) is 62.0 cm³/mol. The van der Waals surface area contributed by atoms with Gasteiger partial charge in [0.1, 0.15) is 0 Å². The molecule has 0 heterocycles. The van der Waals surface area contributed by atoms with E-state index in [-0.39, 0.29) is 0 Å². The third-order valence-corrected chi connectivity index (χ3v) is 10.1. The summed E-state index contributed by atoms with van der Waals surface area (Å²) >= 11 is 9.23. The Hall–Kier alpha value is 1.70. The maximum Gasteiger partial charge on any atom is 0.0470 e. The van der Waals surface area contributed by atoms with Gasteiger partial charge in [0.05, 0.1) is 0 Å². The minimum absolute atomic E-state index is 0.993. The topological polar surface area (TPSA) is 0 Å². The zero-order valence-electron chi connectivity index (χ0n) is 4.94. The quantitative estimate of drug-likeness (QED) is 0.658. The van der Waals surface area contributed by atoms with Crippen molar-refractivity contribution in [1.29, 1.82) is 0 Å². The Morgan fingerprint density at radius 3 is 2.22 bits per heavy atom. The van der Waals surface area contributed by atoms with Crippen LogP contribution in [0.4, 0.5) is 0 Å². The summed E-state index contributed by atoms with van der Waals surface area (Å²) in [5, 5.41) is 0. The summed E-state index contributed by atoms with van der Waals surface area (Å²) in [5.41, 5.74) is 0. The highest BCUT2D eigenvalue weighted by molar-refractivity contribution is 8.63. The second kappa shape index (κ2) is 16.4. The molecular weight excluding hydrogens is 246 g/mol. The summed E-state index contributed by atoms with van der Waals surface area (Å²) in [6, 6.07) is 0. The van der Waals surface area contributed by atoms with Gasteiger partial charge in [-0.3, -0.25) is 0 Å². The Bertz CT molecular complexity index is 169. The average Bonchev–Trinajstić information content (AvgIpc) is 1.94. The van der Waals surface area contributed by atoms with Crippen molar-refractivity contribution in [2.45, 2.75) is 13.8 Å². The van der Waals surface area contributed by atoms with Crippen LogP contribution >= 0.6 is 14.1 Å². The van der Waals surface area contributed by atoms with E-state index in [9.17, 15) is 0 Å². The van der Waals surface area contributed by atoms with Crippen molar-refractivity contribution in [2.24, 2.45) is 0 Å². The highest BCUT2D eigenvalue weighted by Crippen LogP contribution is 2.12. The molecule has 0 aromatic heterocycles. The van der Waals surface area contributed by atoms with Gasteiger partial charge in [-0.05, 0) is 50.3 Å². The molecule has 54 valence electrons. The first-order valence-corrected chi connectivity index (χ1v) is 10.6. The lowest BCUT2D eigenvalue weighted by Gasteiger charge is -1.43. The Morgan fingerprint density at radius 1 is 1.33 bits per heavy atom. The van der Waals surface area contributed by atoms with Gasteiger partial charge in [0, 0.05) is 14.1 Å². The fraction of sp³-hybridized carbons (Fsp3) is 1.00. The lowest BCUT2D eigenvalue weighted by molar-refractivity contribution is 1.50. The molecular formula is C2H6P2S5. The number of rotatable bonds is 1.